The minimum atomic E-state index is -0.0304. The number of halogens is 1. The molecule has 0 radical (unpaired) electrons. The number of aliphatic imine (C=N–C) groups is 1. The highest BCUT2D eigenvalue weighted by Gasteiger charge is 2.07. The molecule has 0 bridgehead atoms. The average molecular weight is 462 g/mol. The minimum Gasteiger partial charge on any atom is -0.383 e. The number of anilines is 1. The minimum absolute atomic E-state index is 0. The molecular formula is C18H31IN4O2. The number of methoxy groups -OCH3 is 1. The van der Waals surface area contributed by atoms with Crippen LogP contribution in [0, 0.1) is 5.92 Å². The lowest BCUT2D eigenvalue weighted by molar-refractivity contribution is -0.118. The van der Waals surface area contributed by atoms with Crippen LogP contribution >= 0.6 is 24.0 Å². The lowest BCUT2D eigenvalue weighted by Gasteiger charge is -2.17. The molecule has 142 valence electrons. The van der Waals surface area contributed by atoms with Crippen LogP contribution in [0.1, 0.15) is 33.3 Å². The van der Waals surface area contributed by atoms with Gasteiger partial charge >= 0.3 is 0 Å². The third kappa shape index (κ3) is 9.64. The van der Waals surface area contributed by atoms with E-state index in [1.54, 1.807) is 7.11 Å². The topological polar surface area (TPSA) is 74.8 Å². The summed E-state index contributed by atoms with van der Waals surface area (Å²) in [6.45, 7) is 9.80. The Morgan fingerprint density at radius 1 is 1.20 bits per heavy atom. The van der Waals surface area contributed by atoms with Crippen LogP contribution in [0.5, 0.6) is 0 Å². The lowest BCUT2D eigenvalue weighted by atomic mass is 10.2. The van der Waals surface area contributed by atoms with Gasteiger partial charge in [0.1, 0.15) is 0 Å². The fraction of sp³-hybridized carbons (Fsp3) is 0.556. The van der Waals surface area contributed by atoms with Crippen LogP contribution < -0.4 is 16.0 Å². The van der Waals surface area contributed by atoms with Gasteiger partial charge in [-0.3, -0.25) is 4.79 Å². The Kier molecular flexibility index (Phi) is 12.2. The van der Waals surface area contributed by atoms with Gasteiger partial charge < -0.3 is 20.7 Å². The van der Waals surface area contributed by atoms with Crippen LogP contribution in [-0.4, -0.2) is 38.2 Å². The van der Waals surface area contributed by atoms with Crippen molar-refractivity contribution in [3.8, 4) is 0 Å². The summed E-state index contributed by atoms with van der Waals surface area (Å²) >= 11 is 0. The second-order valence-electron chi connectivity index (χ2n) is 6.04. The molecule has 1 atom stereocenters. The molecule has 1 aromatic rings. The molecule has 0 heterocycles. The number of hydrogen-bond acceptors (Lipinski definition) is 3. The zero-order chi connectivity index (χ0) is 17.9. The van der Waals surface area contributed by atoms with Gasteiger partial charge in [-0.25, -0.2) is 4.99 Å². The van der Waals surface area contributed by atoms with E-state index in [4.69, 9.17) is 4.74 Å². The van der Waals surface area contributed by atoms with Gasteiger partial charge in [-0.05, 0) is 31.5 Å². The Morgan fingerprint density at radius 2 is 1.84 bits per heavy atom. The van der Waals surface area contributed by atoms with E-state index in [1.165, 1.54) is 0 Å². The fourth-order valence-corrected chi connectivity index (χ4v) is 2.00. The first kappa shape index (κ1) is 23.6. The van der Waals surface area contributed by atoms with E-state index in [2.05, 4.69) is 20.9 Å². The Labute approximate surface area is 168 Å². The molecule has 3 N–H and O–H groups in total. The average Bonchev–Trinajstić information content (AvgIpc) is 2.54. The number of nitrogens with zero attached hydrogens (tertiary/aromatic N) is 1. The molecule has 0 aromatic heterocycles. The van der Waals surface area contributed by atoms with Crippen molar-refractivity contribution in [2.24, 2.45) is 10.9 Å². The maximum Gasteiger partial charge on any atom is 0.226 e. The van der Waals surface area contributed by atoms with Gasteiger partial charge in [0.25, 0.3) is 0 Å². The van der Waals surface area contributed by atoms with Crippen molar-refractivity contribution in [1.29, 1.82) is 0 Å². The van der Waals surface area contributed by atoms with Crippen molar-refractivity contribution in [2.75, 3.05) is 25.6 Å². The molecule has 7 heteroatoms. The van der Waals surface area contributed by atoms with Crippen molar-refractivity contribution in [2.45, 2.75) is 40.3 Å². The first-order valence-electron chi connectivity index (χ1n) is 8.39. The van der Waals surface area contributed by atoms with Gasteiger partial charge in [0.15, 0.2) is 5.96 Å². The number of guanidine groups is 1. The molecule has 0 aliphatic heterocycles. The zero-order valence-corrected chi connectivity index (χ0v) is 18.1. The summed E-state index contributed by atoms with van der Waals surface area (Å²) in [4.78, 5) is 16.3. The second kappa shape index (κ2) is 12.9. The van der Waals surface area contributed by atoms with E-state index in [0.717, 1.165) is 23.8 Å². The number of carbonyl (C=O) groups excluding carboxylic acids is 1. The first-order chi connectivity index (χ1) is 11.5. The fourth-order valence-electron chi connectivity index (χ4n) is 2.00. The molecule has 6 nitrogen and oxygen atoms in total. The molecule has 0 saturated carbocycles. The molecule has 0 saturated heterocycles. The van der Waals surface area contributed by atoms with E-state index in [1.807, 2.05) is 52.0 Å². The number of carbonyl (C=O) groups is 1. The molecule has 0 aliphatic rings. The molecular weight excluding hydrogens is 431 g/mol. The number of amides is 1. The van der Waals surface area contributed by atoms with Crippen LogP contribution in [0.2, 0.25) is 0 Å². The van der Waals surface area contributed by atoms with Crippen LogP contribution in [0.15, 0.2) is 29.3 Å². The summed E-state index contributed by atoms with van der Waals surface area (Å²) in [5.41, 5.74) is 1.88. The predicted octanol–water partition coefficient (Wildman–Crippen LogP) is 2.99. The van der Waals surface area contributed by atoms with Crippen molar-refractivity contribution in [3.05, 3.63) is 29.8 Å². The molecule has 1 aromatic carbocycles. The van der Waals surface area contributed by atoms with E-state index in [9.17, 15) is 4.79 Å². The SMILES string of the molecule is CCNC(=NCc1ccc(NC(=O)C(C)C)cc1)NC(C)COC.I. The van der Waals surface area contributed by atoms with Crippen molar-refractivity contribution < 1.29 is 9.53 Å². The number of hydrogen-bond donors (Lipinski definition) is 3. The molecule has 0 aliphatic carbocycles. The zero-order valence-electron chi connectivity index (χ0n) is 15.8. The number of nitrogens with one attached hydrogen (secondary N) is 3. The van der Waals surface area contributed by atoms with Gasteiger partial charge in [0.2, 0.25) is 5.91 Å². The van der Waals surface area contributed by atoms with E-state index in [0.29, 0.717) is 13.2 Å². The summed E-state index contributed by atoms with van der Waals surface area (Å²) in [5, 5.41) is 9.39. The Hall–Kier alpha value is -1.35. The summed E-state index contributed by atoms with van der Waals surface area (Å²) in [5.74, 6) is 0.753. The van der Waals surface area contributed by atoms with Gasteiger partial charge in [0, 0.05) is 31.3 Å². The molecule has 0 spiro atoms. The molecule has 25 heavy (non-hydrogen) atoms. The van der Waals surface area contributed by atoms with Gasteiger partial charge in [0.05, 0.1) is 13.2 Å². The number of ether oxygens (including phenoxy) is 1. The summed E-state index contributed by atoms with van der Waals surface area (Å²) in [7, 11) is 1.68. The van der Waals surface area contributed by atoms with Crippen LogP contribution in [0.25, 0.3) is 0 Å². The maximum absolute atomic E-state index is 11.7. The summed E-state index contributed by atoms with van der Waals surface area (Å²) in [6.07, 6.45) is 0. The van der Waals surface area contributed by atoms with E-state index in [-0.39, 0.29) is 41.8 Å². The van der Waals surface area contributed by atoms with Crippen LogP contribution in [-0.2, 0) is 16.1 Å². The summed E-state index contributed by atoms with van der Waals surface area (Å²) in [6, 6.07) is 7.93. The van der Waals surface area contributed by atoms with Crippen molar-refractivity contribution in [3.63, 3.8) is 0 Å². The molecule has 1 unspecified atom stereocenters. The van der Waals surface area contributed by atoms with E-state index < -0.39 is 0 Å². The summed E-state index contributed by atoms with van der Waals surface area (Å²) < 4.78 is 5.13. The van der Waals surface area contributed by atoms with Crippen molar-refractivity contribution >= 4 is 41.5 Å². The normalized spacial score (nSPS) is 12.3. The molecule has 1 amide bonds. The standard InChI is InChI=1S/C18H30N4O2.HI/c1-6-19-18(21-14(4)12-24-5)20-11-15-7-9-16(10-8-15)22-17(23)13(2)3;/h7-10,13-14H,6,11-12H2,1-5H3,(H,22,23)(H2,19,20,21);1H. The number of rotatable bonds is 8. The smallest absolute Gasteiger partial charge is 0.226 e. The monoisotopic (exact) mass is 462 g/mol. The Morgan fingerprint density at radius 3 is 2.36 bits per heavy atom. The largest absolute Gasteiger partial charge is 0.383 e. The number of benzene rings is 1. The Bertz CT molecular complexity index is 532. The third-order valence-electron chi connectivity index (χ3n) is 3.31. The van der Waals surface area contributed by atoms with E-state index >= 15 is 0 Å². The Balaban J connectivity index is 0.00000576. The third-order valence-corrected chi connectivity index (χ3v) is 3.31. The lowest BCUT2D eigenvalue weighted by Crippen LogP contribution is -2.43. The van der Waals surface area contributed by atoms with Crippen molar-refractivity contribution in [1.82, 2.24) is 10.6 Å². The highest BCUT2D eigenvalue weighted by molar-refractivity contribution is 14.0. The molecule has 0 fully saturated rings. The highest BCUT2D eigenvalue weighted by Crippen LogP contribution is 2.11. The quantitative estimate of drug-likeness (QED) is 0.316. The second-order valence-corrected chi connectivity index (χ2v) is 6.04. The van der Waals surface area contributed by atoms with Gasteiger partial charge in [-0.2, -0.15) is 0 Å². The van der Waals surface area contributed by atoms with Crippen LogP contribution in [0.3, 0.4) is 0 Å². The van der Waals surface area contributed by atoms with Gasteiger partial charge in [-0.1, -0.05) is 26.0 Å². The van der Waals surface area contributed by atoms with Crippen LogP contribution in [0.4, 0.5) is 5.69 Å². The predicted molar refractivity (Wildman–Crippen MR) is 115 cm³/mol. The maximum atomic E-state index is 11.7. The molecule has 1 rings (SSSR count). The van der Waals surface area contributed by atoms with Gasteiger partial charge in [-0.15, -0.1) is 24.0 Å². The first-order valence-corrected chi connectivity index (χ1v) is 8.39. The highest BCUT2D eigenvalue weighted by atomic mass is 127.